The molecule has 0 saturated heterocycles. The molecule has 0 radical (unpaired) electrons. The molecule has 0 saturated carbocycles. The zero-order chi connectivity index (χ0) is 29.2. The summed E-state index contributed by atoms with van der Waals surface area (Å²) in [7, 11) is -4.51. The van der Waals surface area contributed by atoms with Crippen LogP contribution < -0.4 is 15.2 Å². The second-order valence-electron chi connectivity index (χ2n) is 8.19. The maximum Gasteiger partial charge on any atom is 0.491 e. The van der Waals surface area contributed by atoms with E-state index in [4.69, 9.17) is 15.9 Å². The van der Waals surface area contributed by atoms with Gasteiger partial charge in [0.1, 0.15) is 22.3 Å². The number of nitrogen functional groups attached to an aromatic ring is 1. The molecule has 4 rings (SSSR count). The molecule has 4 N–H and O–H groups in total. The van der Waals surface area contributed by atoms with E-state index in [1.54, 1.807) is 30.3 Å². The summed E-state index contributed by atoms with van der Waals surface area (Å²) < 4.78 is 89.2. The van der Waals surface area contributed by atoms with Crippen molar-refractivity contribution < 1.29 is 45.0 Å². The monoisotopic (exact) mass is 575 g/mol. The van der Waals surface area contributed by atoms with E-state index in [1.165, 1.54) is 12.1 Å². The van der Waals surface area contributed by atoms with Gasteiger partial charge in [0.05, 0.1) is 5.56 Å². The second-order valence-corrected chi connectivity index (χ2v) is 9.84. The van der Waals surface area contributed by atoms with Gasteiger partial charge in [-0.05, 0) is 59.3 Å². The molecule has 0 atom stereocenters. The van der Waals surface area contributed by atoms with Crippen LogP contribution in [-0.2, 0) is 19.6 Å². The van der Waals surface area contributed by atoms with Crippen LogP contribution in [-0.4, -0.2) is 32.4 Å². The van der Waals surface area contributed by atoms with Gasteiger partial charge >= 0.3 is 18.1 Å². The molecule has 0 bridgehead atoms. The zero-order valence-electron chi connectivity index (χ0n) is 20.0. The molecule has 40 heavy (non-hydrogen) atoms. The van der Waals surface area contributed by atoms with Crippen LogP contribution in [0, 0.1) is 11.2 Å². The number of nitrogens with one attached hydrogen (secondary N) is 2. The van der Waals surface area contributed by atoms with Gasteiger partial charge in [-0.1, -0.05) is 24.3 Å². The van der Waals surface area contributed by atoms with E-state index in [2.05, 4.69) is 9.46 Å². The lowest BCUT2D eigenvalue weighted by atomic mass is 10.1. The fraction of sp³-hybridized carbons (Fsp3) is 0.0385. The van der Waals surface area contributed by atoms with Crippen LogP contribution in [0.3, 0.4) is 0 Å². The van der Waals surface area contributed by atoms with Crippen LogP contribution in [0.1, 0.15) is 15.9 Å². The summed E-state index contributed by atoms with van der Waals surface area (Å²) in [5.74, 6) is -5.55. The van der Waals surface area contributed by atoms with Crippen LogP contribution in [0.2, 0.25) is 0 Å². The van der Waals surface area contributed by atoms with E-state index >= 15 is 0 Å². The van der Waals surface area contributed by atoms with Gasteiger partial charge in [-0.25, -0.2) is 22.4 Å². The van der Waals surface area contributed by atoms with Gasteiger partial charge in [-0.2, -0.15) is 13.2 Å². The standard InChI is InChI=1S/C26H17F4N3O6S/c27-18-7-9-22(21(13-18)38-20-8-6-14-10-16(23(31)32)5-4-15(14)12-20)40(36,37)33-19-3-1-2-17(11-19)24(34)39-25(35)26(28,29)30/h1-13,33H,(H3,31,32). The summed E-state index contributed by atoms with van der Waals surface area (Å²) >= 11 is 0. The van der Waals surface area contributed by atoms with E-state index in [-0.39, 0.29) is 17.3 Å². The van der Waals surface area contributed by atoms with E-state index in [0.29, 0.717) is 16.3 Å². The Morgan fingerprint density at radius 1 is 0.875 bits per heavy atom. The van der Waals surface area contributed by atoms with E-state index in [9.17, 15) is 35.6 Å². The lowest BCUT2D eigenvalue weighted by Crippen LogP contribution is -2.28. The van der Waals surface area contributed by atoms with Gasteiger partial charge in [-0.15, -0.1) is 0 Å². The van der Waals surface area contributed by atoms with Gasteiger partial charge in [0.25, 0.3) is 10.0 Å². The number of sulfonamides is 1. The van der Waals surface area contributed by atoms with Crippen LogP contribution in [0.5, 0.6) is 11.5 Å². The number of nitrogens with two attached hydrogens (primary N) is 1. The summed E-state index contributed by atoms with van der Waals surface area (Å²) in [6.07, 6.45) is -5.41. The minimum absolute atomic E-state index is 0.124. The van der Waals surface area contributed by atoms with Gasteiger partial charge in [0, 0.05) is 17.3 Å². The second kappa shape index (κ2) is 10.6. The van der Waals surface area contributed by atoms with Gasteiger partial charge in [0.2, 0.25) is 0 Å². The number of carbonyl (C=O) groups excluding carboxylic acids is 2. The maximum absolute atomic E-state index is 14.1. The number of halogens is 4. The molecular weight excluding hydrogens is 558 g/mol. The van der Waals surface area contributed by atoms with Crippen LogP contribution in [0.25, 0.3) is 10.8 Å². The number of fused-ring (bicyclic) bond motifs is 1. The highest BCUT2D eigenvalue weighted by Gasteiger charge is 2.42. The number of benzene rings is 4. The topological polar surface area (TPSA) is 149 Å². The number of esters is 2. The van der Waals surface area contributed by atoms with Crippen LogP contribution in [0.15, 0.2) is 83.8 Å². The molecular formula is C26H17F4N3O6S. The van der Waals surface area contributed by atoms with Crippen LogP contribution in [0.4, 0.5) is 23.2 Å². The molecule has 0 aliphatic carbocycles. The third kappa shape index (κ3) is 6.35. The maximum atomic E-state index is 14.1. The Morgan fingerprint density at radius 3 is 2.27 bits per heavy atom. The molecule has 0 aliphatic rings. The summed E-state index contributed by atoms with van der Waals surface area (Å²) in [4.78, 5) is 22.4. The van der Waals surface area contributed by atoms with Crippen molar-refractivity contribution in [2.75, 3.05) is 4.72 Å². The third-order valence-corrected chi connectivity index (χ3v) is 6.73. The lowest BCUT2D eigenvalue weighted by molar-refractivity contribution is -0.193. The van der Waals surface area contributed by atoms with Crippen molar-refractivity contribution >= 4 is 44.3 Å². The molecule has 0 unspecified atom stereocenters. The molecule has 14 heteroatoms. The first-order chi connectivity index (χ1) is 18.7. The van der Waals surface area contributed by atoms with Gasteiger partial charge in [0.15, 0.2) is 5.75 Å². The number of anilines is 1. The fourth-order valence-corrected chi connectivity index (χ4v) is 4.65. The molecule has 0 fully saturated rings. The third-order valence-electron chi connectivity index (χ3n) is 5.31. The summed E-state index contributed by atoms with van der Waals surface area (Å²) in [5, 5.41) is 8.92. The van der Waals surface area contributed by atoms with Crippen molar-refractivity contribution in [3.05, 3.63) is 95.8 Å². The first-order valence-electron chi connectivity index (χ1n) is 11.0. The normalized spacial score (nSPS) is 11.6. The number of hydrogen-bond acceptors (Lipinski definition) is 7. The number of amidine groups is 1. The Labute approximate surface area is 223 Å². The number of hydrogen-bond donors (Lipinski definition) is 3. The highest BCUT2D eigenvalue weighted by Crippen LogP contribution is 2.33. The Balaban J connectivity index is 1.60. The molecule has 0 amide bonds. The van der Waals surface area contributed by atoms with Crippen molar-refractivity contribution in [3.8, 4) is 11.5 Å². The summed E-state index contributed by atoms with van der Waals surface area (Å²) in [6, 6.07) is 16.5. The Hall–Kier alpha value is -4.98. The molecule has 0 aliphatic heterocycles. The molecule has 9 nitrogen and oxygen atoms in total. The highest BCUT2D eigenvalue weighted by molar-refractivity contribution is 7.92. The Morgan fingerprint density at radius 2 is 1.57 bits per heavy atom. The predicted molar refractivity (Wildman–Crippen MR) is 135 cm³/mol. The molecule has 4 aromatic carbocycles. The Bertz CT molecular complexity index is 1770. The summed E-state index contributed by atoms with van der Waals surface area (Å²) in [6.45, 7) is 0. The smallest absolute Gasteiger partial charge is 0.456 e. The van der Waals surface area contributed by atoms with Gasteiger partial charge in [-0.3, -0.25) is 10.1 Å². The van der Waals surface area contributed by atoms with Crippen molar-refractivity contribution in [1.29, 1.82) is 5.41 Å². The minimum Gasteiger partial charge on any atom is -0.456 e. The SMILES string of the molecule is N=C(N)c1ccc2cc(Oc3cc(F)ccc3S(=O)(=O)Nc3cccc(C(=O)OC(=O)C(F)(F)F)c3)ccc2c1. The zero-order valence-corrected chi connectivity index (χ0v) is 20.8. The van der Waals surface area contributed by atoms with E-state index in [1.807, 2.05) is 0 Å². The first-order valence-corrected chi connectivity index (χ1v) is 12.5. The van der Waals surface area contributed by atoms with Crippen molar-refractivity contribution in [1.82, 2.24) is 0 Å². The van der Waals surface area contributed by atoms with Crippen molar-refractivity contribution in [3.63, 3.8) is 0 Å². The van der Waals surface area contributed by atoms with E-state index < -0.39 is 50.2 Å². The van der Waals surface area contributed by atoms with E-state index in [0.717, 1.165) is 36.4 Å². The number of carbonyl (C=O) groups is 2. The van der Waals surface area contributed by atoms with Crippen molar-refractivity contribution in [2.45, 2.75) is 11.1 Å². The highest BCUT2D eigenvalue weighted by atomic mass is 32.2. The molecule has 0 aromatic heterocycles. The fourth-order valence-electron chi connectivity index (χ4n) is 3.49. The minimum atomic E-state index is -5.41. The predicted octanol–water partition coefficient (Wildman–Crippen LogP) is 5.10. The number of ether oxygens (including phenoxy) is 2. The number of alkyl halides is 3. The largest absolute Gasteiger partial charge is 0.491 e. The molecule has 0 spiro atoms. The average Bonchev–Trinajstić information content (AvgIpc) is 2.87. The average molecular weight is 575 g/mol. The first kappa shape index (κ1) is 28.0. The summed E-state index contributed by atoms with van der Waals surface area (Å²) in [5.41, 5.74) is 5.19. The quantitative estimate of drug-likeness (QED) is 0.0913. The van der Waals surface area contributed by atoms with Crippen molar-refractivity contribution in [2.24, 2.45) is 5.73 Å². The van der Waals surface area contributed by atoms with Crippen LogP contribution >= 0.6 is 0 Å². The lowest BCUT2D eigenvalue weighted by Gasteiger charge is -2.14. The Kier molecular flexibility index (Phi) is 7.46. The van der Waals surface area contributed by atoms with Gasteiger partial charge < -0.3 is 15.2 Å². The molecule has 4 aromatic rings. The molecule has 206 valence electrons. The molecule has 0 heterocycles. The number of rotatable bonds is 7.